The Morgan fingerprint density at radius 3 is 2.22 bits per heavy atom. The molecule has 0 aliphatic carbocycles. The number of alkyl halides is 5. The number of nitrogens with zero attached hydrogens (tertiary/aromatic N) is 3. The first-order valence-electron chi connectivity index (χ1n) is 11.2. The molecular formula is C23H24ClF6N3O2S. The molecule has 0 saturated carbocycles. The maximum atomic E-state index is 13.5. The molecule has 2 aliphatic rings. The lowest BCUT2D eigenvalue weighted by Gasteiger charge is -2.41. The third-order valence-electron chi connectivity index (χ3n) is 6.53. The molecule has 0 unspecified atom stereocenters. The van der Waals surface area contributed by atoms with Crippen molar-refractivity contribution in [1.29, 1.82) is 0 Å². The average molecular weight is 556 g/mol. The van der Waals surface area contributed by atoms with E-state index in [2.05, 4.69) is 0 Å². The summed E-state index contributed by atoms with van der Waals surface area (Å²) in [6.07, 6.45) is -5.39. The van der Waals surface area contributed by atoms with Crippen LogP contribution in [0.15, 0.2) is 41.3 Å². The summed E-state index contributed by atoms with van der Waals surface area (Å²) in [5.41, 5.74) is -0.814. The number of piperazine rings is 1. The summed E-state index contributed by atoms with van der Waals surface area (Å²) < 4.78 is 109. The lowest BCUT2D eigenvalue weighted by atomic mass is 10.1. The second kappa shape index (κ2) is 9.60. The van der Waals surface area contributed by atoms with Crippen molar-refractivity contribution in [3.05, 3.63) is 52.8 Å². The number of anilines is 2. The topological polar surface area (TPSA) is 43.9 Å². The first-order valence-corrected chi connectivity index (χ1v) is 13.1. The fourth-order valence-electron chi connectivity index (χ4n) is 4.64. The summed E-state index contributed by atoms with van der Waals surface area (Å²) in [5.74, 6) is -3.74. The van der Waals surface area contributed by atoms with Crippen molar-refractivity contribution in [2.75, 3.05) is 42.5 Å². The maximum Gasteiger partial charge on any atom is 0.418 e. The Hall–Kier alpha value is -2.18. The highest BCUT2D eigenvalue weighted by molar-refractivity contribution is 7.89. The minimum atomic E-state index is -4.77. The van der Waals surface area contributed by atoms with Gasteiger partial charge >= 0.3 is 6.18 Å². The molecule has 2 fully saturated rings. The zero-order valence-corrected chi connectivity index (χ0v) is 20.8. The molecule has 198 valence electrons. The van der Waals surface area contributed by atoms with Crippen LogP contribution in [0.1, 0.15) is 25.3 Å². The van der Waals surface area contributed by atoms with Crippen molar-refractivity contribution in [3.8, 4) is 0 Å². The standard InChI is InChI=1S/C23H24ClF6N3O2S/c1-15-14-32(20-4-2-16(25)12-18(20)23(28,29)30)10-11-33(15)36(34,35)21-5-3-17(13-19(21)24)31-8-6-22(26,27)7-9-31/h2-5,12-13,15H,6-11,14H2,1H3/t15-/m1/s1. The van der Waals surface area contributed by atoms with Gasteiger partial charge in [-0.05, 0) is 43.3 Å². The van der Waals surface area contributed by atoms with Gasteiger partial charge in [0.1, 0.15) is 10.7 Å². The monoisotopic (exact) mass is 555 g/mol. The van der Waals surface area contributed by atoms with Gasteiger partial charge in [-0.15, -0.1) is 0 Å². The smallest absolute Gasteiger partial charge is 0.371 e. The molecule has 0 bridgehead atoms. The Morgan fingerprint density at radius 2 is 1.64 bits per heavy atom. The fourth-order valence-corrected chi connectivity index (χ4v) is 6.77. The molecule has 0 aromatic heterocycles. The molecule has 13 heteroatoms. The van der Waals surface area contributed by atoms with Gasteiger partial charge in [-0.2, -0.15) is 17.5 Å². The second-order valence-electron chi connectivity index (χ2n) is 9.03. The molecule has 2 heterocycles. The van der Waals surface area contributed by atoms with Gasteiger partial charge in [0.2, 0.25) is 10.0 Å². The SMILES string of the molecule is C[C@@H]1CN(c2ccc(F)cc2C(F)(F)F)CCN1S(=O)(=O)c1ccc(N2CCC(F)(F)CC2)cc1Cl. The molecule has 2 saturated heterocycles. The summed E-state index contributed by atoms with van der Waals surface area (Å²) in [5, 5.41) is -0.0719. The van der Waals surface area contributed by atoms with E-state index < -0.39 is 39.5 Å². The van der Waals surface area contributed by atoms with E-state index in [4.69, 9.17) is 11.6 Å². The Labute approximate surface area is 210 Å². The minimum Gasteiger partial charge on any atom is -0.371 e. The second-order valence-corrected chi connectivity index (χ2v) is 11.3. The predicted molar refractivity (Wildman–Crippen MR) is 125 cm³/mol. The Morgan fingerprint density at radius 1 is 0.972 bits per heavy atom. The van der Waals surface area contributed by atoms with E-state index >= 15 is 0 Å². The summed E-state index contributed by atoms with van der Waals surface area (Å²) in [6, 6.07) is 5.94. The Balaban J connectivity index is 1.52. The maximum absolute atomic E-state index is 13.5. The molecule has 36 heavy (non-hydrogen) atoms. The highest BCUT2D eigenvalue weighted by atomic mass is 35.5. The largest absolute Gasteiger partial charge is 0.418 e. The molecule has 0 N–H and O–H groups in total. The molecule has 0 radical (unpaired) electrons. The van der Waals surface area contributed by atoms with Gasteiger partial charge < -0.3 is 9.80 Å². The minimum absolute atomic E-state index is 0.0457. The van der Waals surface area contributed by atoms with Crippen LogP contribution in [0.4, 0.5) is 37.7 Å². The van der Waals surface area contributed by atoms with E-state index in [0.717, 1.165) is 12.1 Å². The molecule has 0 spiro atoms. The van der Waals surface area contributed by atoms with Crippen LogP contribution >= 0.6 is 11.6 Å². The third-order valence-corrected chi connectivity index (χ3v) is 9.03. The number of benzene rings is 2. The van der Waals surface area contributed by atoms with Crippen molar-refractivity contribution < 1.29 is 34.8 Å². The van der Waals surface area contributed by atoms with Gasteiger partial charge in [0, 0.05) is 63.0 Å². The van der Waals surface area contributed by atoms with Crippen LogP contribution in [0.3, 0.4) is 0 Å². The Kier molecular flexibility index (Phi) is 7.17. The predicted octanol–water partition coefficient (Wildman–Crippen LogP) is 5.63. The van der Waals surface area contributed by atoms with Crippen molar-refractivity contribution in [1.82, 2.24) is 4.31 Å². The van der Waals surface area contributed by atoms with E-state index in [1.54, 1.807) is 11.8 Å². The van der Waals surface area contributed by atoms with Gasteiger partial charge in [0.05, 0.1) is 10.6 Å². The van der Waals surface area contributed by atoms with Gasteiger partial charge in [0.25, 0.3) is 5.92 Å². The Bertz CT molecular complexity index is 1230. The van der Waals surface area contributed by atoms with Gasteiger partial charge in [0.15, 0.2) is 0 Å². The van der Waals surface area contributed by atoms with Crippen molar-refractivity contribution in [2.45, 2.75) is 42.8 Å². The molecule has 2 aromatic rings. The van der Waals surface area contributed by atoms with Crippen LogP contribution in [-0.2, 0) is 16.2 Å². The molecule has 1 atom stereocenters. The summed E-state index contributed by atoms with van der Waals surface area (Å²) >= 11 is 6.31. The van der Waals surface area contributed by atoms with Crippen molar-refractivity contribution in [2.24, 2.45) is 0 Å². The first kappa shape index (κ1) is 26.9. The average Bonchev–Trinajstić information content (AvgIpc) is 2.78. The molecule has 0 amide bonds. The highest BCUT2D eigenvalue weighted by Crippen LogP contribution is 2.39. The number of sulfonamides is 1. The first-order chi connectivity index (χ1) is 16.7. The molecular weight excluding hydrogens is 532 g/mol. The van der Waals surface area contributed by atoms with Crippen LogP contribution < -0.4 is 9.80 Å². The van der Waals surface area contributed by atoms with Crippen LogP contribution in [0.5, 0.6) is 0 Å². The van der Waals surface area contributed by atoms with E-state index in [1.165, 1.54) is 27.4 Å². The highest BCUT2D eigenvalue weighted by Gasteiger charge is 2.40. The van der Waals surface area contributed by atoms with E-state index in [0.29, 0.717) is 11.8 Å². The summed E-state index contributed by atoms with van der Waals surface area (Å²) in [7, 11) is -4.10. The number of piperidine rings is 1. The molecule has 2 aromatic carbocycles. The summed E-state index contributed by atoms with van der Waals surface area (Å²) in [4.78, 5) is 2.92. The number of halogens is 7. The lowest BCUT2D eigenvalue weighted by Crippen LogP contribution is -2.54. The third kappa shape index (κ3) is 5.40. The van der Waals surface area contributed by atoms with E-state index in [-0.39, 0.29) is 61.2 Å². The zero-order chi connectivity index (χ0) is 26.5. The normalized spacial score (nSPS) is 21.6. The van der Waals surface area contributed by atoms with Crippen LogP contribution in [-0.4, -0.2) is 57.4 Å². The zero-order valence-electron chi connectivity index (χ0n) is 19.2. The molecule has 4 rings (SSSR count). The van der Waals surface area contributed by atoms with Gasteiger partial charge in [-0.1, -0.05) is 11.6 Å². The number of hydrogen-bond donors (Lipinski definition) is 0. The van der Waals surface area contributed by atoms with Gasteiger partial charge in [-0.25, -0.2) is 21.6 Å². The fraction of sp³-hybridized carbons (Fsp3) is 0.478. The number of hydrogen-bond acceptors (Lipinski definition) is 4. The van der Waals surface area contributed by atoms with Crippen LogP contribution in [0, 0.1) is 5.82 Å². The van der Waals surface area contributed by atoms with E-state index in [1.807, 2.05) is 0 Å². The molecule has 2 aliphatic heterocycles. The quantitative estimate of drug-likeness (QED) is 0.459. The van der Waals surface area contributed by atoms with Crippen LogP contribution in [0.2, 0.25) is 5.02 Å². The van der Waals surface area contributed by atoms with Crippen molar-refractivity contribution >= 4 is 33.0 Å². The summed E-state index contributed by atoms with van der Waals surface area (Å²) in [6.45, 7) is 1.57. The van der Waals surface area contributed by atoms with E-state index in [9.17, 15) is 34.8 Å². The number of rotatable bonds is 4. The lowest BCUT2D eigenvalue weighted by molar-refractivity contribution is -0.137. The van der Waals surface area contributed by atoms with Gasteiger partial charge in [-0.3, -0.25) is 0 Å². The molecule has 5 nitrogen and oxygen atoms in total. The van der Waals surface area contributed by atoms with Crippen LogP contribution in [0.25, 0.3) is 0 Å². The van der Waals surface area contributed by atoms with Crippen molar-refractivity contribution in [3.63, 3.8) is 0 Å².